The fourth-order valence-corrected chi connectivity index (χ4v) is 2.38. The zero-order valence-electron chi connectivity index (χ0n) is 14.3. The second-order valence-corrected chi connectivity index (χ2v) is 5.76. The fraction of sp³-hybridized carbons (Fsp3) is 0.111. The van der Waals surface area contributed by atoms with Crippen LogP contribution in [0.1, 0.15) is 12.0 Å². The van der Waals surface area contributed by atoms with E-state index in [4.69, 9.17) is 0 Å². The molecule has 0 aliphatic carbocycles. The first-order chi connectivity index (χ1) is 13.4. The van der Waals surface area contributed by atoms with Gasteiger partial charge in [0.15, 0.2) is 0 Å². The van der Waals surface area contributed by atoms with Gasteiger partial charge >= 0.3 is 0 Å². The van der Waals surface area contributed by atoms with E-state index < -0.39 is 41.6 Å². The van der Waals surface area contributed by atoms with Crippen LogP contribution < -0.4 is 16.1 Å². The van der Waals surface area contributed by atoms with E-state index in [2.05, 4.69) is 26.2 Å². The zero-order valence-corrected chi connectivity index (χ0v) is 14.3. The summed E-state index contributed by atoms with van der Waals surface area (Å²) in [7, 11) is 0. The highest BCUT2D eigenvalue weighted by atomic mass is 19.1. The number of hydrazone groups is 1. The van der Waals surface area contributed by atoms with Gasteiger partial charge < -0.3 is 10.4 Å². The largest absolute Gasteiger partial charge is 0.507 e. The minimum absolute atomic E-state index is 0.00606. The third-order valence-corrected chi connectivity index (χ3v) is 3.75. The molecule has 0 fully saturated rings. The highest BCUT2D eigenvalue weighted by molar-refractivity contribution is 6.07. The van der Waals surface area contributed by atoms with E-state index in [-0.39, 0.29) is 11.7 Å². The molecular weight excluding hydrogens is 372 g/mol. The van der Waals surface area contributed by atoms with Gasteiger partial charge in [-0.05, 0) is 24.3 Å². The van der Waals surface area contributed by atoms with Crippen molar-refractivity contribution in [2.45, 2.75) is 12.5 Å². The standard InChI is InChI=1S/C18H15F2N5O3/c19-11-5-3-6-12(20)16(11)23-15(27)8-13-17(28)24-18(22-13)25-21-9-10-4-1-2-7-14(10)26/h1-7,9,13,26H,8H2,(H,23,27)(H2,22,24,25,28)/b21-9-/t13-/m0/s1. The number of carbonyl (C=O) groups is 2. The molecule has 144 valence electrons. The third-order valence-electron chi connectivity index (χ3n) is 3.75. The lowest BCUT2D eigenvalue weighted by Crippen LogP contribution is -2.35. The molecule has 3 rings (SSSR count). The van der Waals surface area contributed by atoms with Gasteiger partial charge in [0.05, 0.1) is 12.6 Å². The van der Waals surface area contributed by atoms with Gasteiger partial charge in [0.25, 0.3) is 5.91 Å². The maximum Gasteiger partial charge on any atom is 0.252 e. The SMILES string of the molecule is O=C(C[C@@H]1N=C(N/N=C\c2ccccc2O)NC1=O)Nc1c(F)cccc1F. The first kappa shape index (κ1) is 19.0. The summed E-state index contributed by atoms with van der Waals surface area (Å²) in [6.45, 7) is 0. The predicted molar refractivity (Wildman–Crippen MR) is 97.8 cm³/mol. The van der Waals surface area contributed by atoms with Crippen LogP contribution in [0.2, 0.25) is 0 Å². The number of amides is 2. The number of aliphatic imine (C=N–C) groups is 1. The number of carbonyl (C=O) groups excluding carboxylic acids is 2. The van der Waals surface area contributed by atoms with E-state index in [0.717, 1.165) is 12.1 Å². The second kappa shape index (κ2) is 8.25. The number of halogens is 2. The Morgan fingerprint density at radius 2 is 1.93 bits per heavy atom. The number of para-hydroxylation sites is 2. The Balaban J connectivity index is 1.59. The molecule has 2 aromatic rings. The lowest BCUT2D eigenvalue weighted by Gasteiger charge is -2.08. The maximum atomic E-state index is 13.6. The maximum absolute atomic E-state index is 13.6. The molecule has 28 heavy (non-hydrogen) atoms. The number of benzene rings is 2. The Morgan fingerprint density at radius 3 is 2.64 bits per heavy atom. The molecular formula is C18H15F2N5O3. The Morgan fingerprint density at radius 1 is 1.21 bits per heavy atom. The average Bonchev–Trinajstić information content (AvgIpc) is 2.99. The minimum atomic E-state index is -1.07. The number of aromatic hydroxyl groups is 1. The monoisotopic (exact) mass is 387 g/mol. The van der Waals surface area contributed by atoms with E-state index in [0.29, 0.717) is 5.56 Å². The van der Waals surface area contributed by atoms with Crippen molar-refractivity contribution in [3.05, 3.63) is 59.7 Å². The molecule has 0 bridgehead atoms. The summed E-state index contributed by atoms with van der Waals surface area (Å²) in [5.74, 6) is -3.15. The molecule has 1 heterocycles. The highest BCUT2D eigenvalue weighted by Gasteiger charge is 2.29. The van der Waals surface area contributed by atoms with E-state index in [1.807, 2.05) is 0 Å². The molecule has 1 atom stereocenters. The van der Waals surface area contributed by atoms with Crippen molar-refractivity contribution in [3.63, 3.8) is 0 Å². The van der Waals surface area contributed by atoms with Gasteiger partial charge in [-0.25, -0.2) is 19.2 Å². The Labute approximate surface area is 158 Å². The van der Waals surface area contributed by atoms with E-state index in [9.17, 15) is 23.5 Å². The highest BCUT2D eigenvalue weighted by Crippen LogP contribution is 2.19. The number of anilines is 1. The lowest BCUT2D eigenvalue weighted by molar-refractivity contribution is -0.123. The predicted octanol–water partition coefficient (Wildman–Crippen LogP) is 1.48. The number of hydrogen-bond donors (Lipinski definition) is 4. The summed E-state index contributed by atoms with van der Waals surface area (Å²) in [4.78, 5) is 27.9. The number of nitrogens with zero attached hydrogens (tertiary/aromatic N) is 2. The lowest BCUT2D eigenvalue weighted by atomic mass is 10.2. The summed E-state index contributed by atoms with van der Waals surface area (Å²) >= 11 is 0. The Bertz CT molecular complexity index is 957. The first-order valence-electron chi connectivity index (χ1n) is 8.13. The molecule has 2 aromatic carbocycles. The minimum Gasteiger partial charge on any atom is -0.507 e. The Kier molecular flexibility index (Phi) is 5.58. The molecule has 0 saturated heterocycles. The summed E-state index contributed by atoms with van der Waals surface area (Å²) in [6, 6.07) is 8.59. The van der Waals surface area contributed by atoms with Crippen LogP contribution >= 0.6 is 0 Å². The molecule has 1 aliphatic rings. The van der Waals surface area contributed by atoms with Gasteiger partial charge in [0.2, 0.25) is 11.9 Å². The summed E-state index contributed by atoms with van der Waals surface area (Å²) < 4.78 is 27.1. The first-order valence-corrected chi connectivity index (χ1v) is 8.13. The molecule has 1 aliphatic heterocycles. The van der Waals surface area contributed by atoms with Crippen molar-refractivity contribution >= 4 is 29.7 Å². The van der Waals surface area contributed by atoms with Gasteiger partial charge in [0.1, 0.15) is 29.1 Å². The molecule has 4 N–H and O–H groups in total. The number of rotatable bonds is 5. The topological polar surface area (TPSA) is 115 Å². The van der Waals surface area contributed by atoms with E-state index in [1.165, 1.54) is 18.3 Å². The van der Waals surface area contributed by atoms with Crippen LogP contribution in [-0.2, 0) is 9.59 Å². The van der Waals surface area contributed by atoms with Crippen LogP contribution in [0.5, 0.6) is 5.75 Å². The summed E-state index contributed by atoms with van der Waals surface area (Å²) in [5.41, 5.74) is 2.35. The number of phenolic OH excluding ortho intramolecular Hbond substituents is 1. The van der Waals surface area contributed by atoms with Crippen LogP contribution in [0, 0.1) is 11.6 Å². The van der Waals surface area contributed by atoms with Crippen LogP contribution in [0.4, 0.5) is 14.5 Å². The third kappa shape index (κ3) is 4.47. The van der Waals surface area contributed by atoms with Gasteiger partial charge in [-0.1, -0.05) is 18.2 Å². The smallest absolute Gasteiger partial charge is 0.252 e. The molecule has 0 saturated carbocycles. The van der Waals surface area contributed by atoms with Crippen LogP contribution in [0.3, 0.4) is 0 Å². The van der Waals surface area contributed by atoms with Crippen molar-refractivity contribution < 1.29 is 23.5 Å². The molecule has 0 radical (unpaired) electrons. The molecule has 0 aromatic heterocycles. The number of guanidine groups is 1. The van der Waals surface area contributed by atoms with Crippen LogP contribution in [0.25, 0.3) is 0 Å². The number of hydrogen-bond acceptors (Lipinski definition) is 6. The van der Waals surface area contributed by atoms with Crippen molar-refractivity contribution in [1.29, 1.82) is 0 Å². The fourth-order valence-electron chi connectivity index (χ4n) is 2.38. The van der Waals surface area contributed by atoms with Crippen molar-refractivity contribution in [2.24, 2.45) is 10.1 Å². The number of nitrogens with one attached hydrogen (secondary N) is 3. The molecule has 10 heteroatoms. The quantitative estimate of drug-likeness (QED) is 0.459. The molecule has 8 nitrogen and oxygen atoms in total. The molecule has 2 amide bonds. The zero-order chi connectivity index (χ0) is 20.1. The van der Waals surface area contributed by atoms with E-state index >= 15 is 0 Å². The summed E-state index contributed by atoms with van der Waals surface area (Å²) in [6.07, 6.45) is 0.916. The van der Waals surface area contributed by atoms with Crippen LogP contribution in [-0.4, -0.2) is 35.1 Å². The summed E-state index contributed by atoms with van der Waals surface area (Å²) in [5, 5.41) is 18.0. The second-order valence-electron chi connectivity index (χ2n) is 5.76. The van der Waals surface area contributed by atoms with Crippen molar-refractivity contribution in [1.82, 2.24) is 10.7 Å². The normalized spacial score (nSPS) is 16.0. The Hall–Kier alpha value is -3.82. The van der Waals surface area contributed by atoms with Crippen molar-refractivity contribution in [2.75, 3.05) is 5.32 Å². The number of phenols is 1. The van der Waals surface area contributed by atoms with Gasteiger partial charge in [0, 0.05) is 5.56 Å². The van der Waals surface area contributed by atoms with Gasteiger partial charge in [-0.2, -0.15) is 5.10 Å². The van der Waals surface area contributed by atoms with Gasteiger partial charge in [-0.3, -0.25) is 14.9 Å². The average molecular weight is 387 g/mol. The van der Waals surface area contributed by atoms with Crippen molar-refractivity contribution in [3.8, 4) is 5.75 Å². The van der Waals surface area contributed by atoms with Crippen LogP contribution in [0.15, 0.2) is 52.6 Å². The van der Waals surface area contributed by atoms with Gasteiger partial charge in [-0.15, -0.1) is 0 Å². The van der Waals surface area contributed by atoms with E-state index in [1.54, 1.807) is 18.2 Å². The molecule has 0 unspecified atom stereocenters. The molecule has 0 spiro atoms.